The van der Waals surface area contributed by atoms with Gasteiger partial charge in [0.25, 0.3) is 0 Å². The Labute approximate surface area is 97.1 Å². The van der Waals surface area contributed by atoms with Crippen LogP contribution in [0.2, 0.25) is 4.34 Å². The Bertz CT molecular complexity index is 447. The molecule has 1 N–H and O–H groups in total. The molecular weight excluding hydrogens is 232 g/mol. The van der Waals surface area contributed by atoms with Crippen molar-refractivity contribution >= 4 is 22.9 Å². The van der Waals surface area contributed by atoms with Crippen molar-refractivity contribution in [2.24, 2.45) is 0 Å². The van der Waals surface area contributed by atoms with E-state index in [0.29, 0.717) is 4.34 Å². The highest BCUT2D eigenvalue weighted by molar-refractivity contribution is 7.16. The lowest BCUT2D eigenvalue weighted by molar-refractivity contribution is 0.221. The highest BCUT2D eigenvalue weighted by atomic mass is 35.5. The molecular formula is C11H11ClO2S. The summed E-state index contributed by atoms with van der Waals surface area (Å²) in [5, 5.41) is 10.1. The van der Waals surface area contributed by atoms with Gasteiger partial charge >= 0.3 is 0 Å². The summed E-state index contributed by atoms with van der Waals surface area (Å²) in [7, 11) is 0. The van der Waals surface area contributed by atoms with E-state index in [-0.39, 0.29) is 0 Å². The van der Waals surface area contributed by atoms with Gasteiger partial charge in [0.15, 0.2) is 0 Å². The minimum absolute atomic E-state index is 0.629. The Kier molecular flexibility index (Phi) is 3.14. The molecule has 2 heterocycles. The lowest BCUT2D eigenvalue weighted by Crippen LogP contribution is -1.98. The summed E-state index contributed by atoms with van der Waals surface area (Å²) in [6.45, 7) is 2.00. The number of aryl methyl sites for hydroxylation is 1. The molecule has 0 saturated heterocycles. The summed E-state index contributed by atoms with van der Waals surface area (Å²) in [5.41, 5.74) is 0.830. The van der Waals surface area contributed by atoms with E-state index in [0.717, 1.165) is 22.6 Å². The van der Waals surface area contributed by atoms with Crippen LogP contribution in [0.4, 0.5) is 0 Å². The normalized spacial score (nSPS) is 13.0. The SMILES string of the molecule is CCc1occc1C(O)c1ccc(Cl)s1. The maximum Gasteiger partial charge on any atom is 0.117 e. The van der Waals surface area contributed by atoms with E-state index in [2.05, 4.69) is 0 Å². The second-order valence-electron chi connectivity index (χ2n) is 3.20. The first-order valence-corrected chi connectivity index (χ1v) is 5.91. The quantitative estimate of drug-likeness (QED) is 0.892. The van der Waals surface area contributed by atoms with Crippen LogP contribution in [-0.2, 0) is 6.42 Å². The van der Waals surface area contributed by atoms with Crippen molar-refractivity contribution in [2.75, 3.05) is 0 Å². The molecule has 0 spiro atoms. The summed E-state index contributed by atoms with van der Waals surface area (Å²) >= 11 is 7.21. The van der Waals surface area contributed by atoms with Crippen molar-refractivity contribution in [2.45, 2.75) is 19.4 Å². The van der Waals surface area contributed by atoms with Crippen LogP contribution in [0.15, 0.2) is 28.9 Å². The smallest absolute Gasteiger partial charge is 0.117 e. The third kappa shape index (κ3) is 2.09. The van der Waals surface area contributed by atoms with E-state index in [9.17, 15) is 5.11 Å². The zero-order chi connectivity index (χ0) is 10.8. The predicted octanol–water partition coefficient (Wildman–Crippen LogP) is 3.64. The van der Waals surface area contributed by atoms with Crippen molar-refractivity contribution in [1.82, 2.24) is 0 Å². The Morgan fingerprint density at radius 2 is 2.27 bits per heavy atom. The van der Waals surface area contributed by atoms with Gasteiger partial charge in [-0.2, -0.15) is 0 Å². The molecule has 80 valence electrons. The van der Waals surface area contributed by atoms with Gasteiger partial charge in [-0.1, -0.05) is 18.5 Å². The molecule has 1 atom stereocenters. The molecule has 2 aromatic heterocycles. The van der Waals surface area contributed by atoms with Gasteiger partial charge in [0.05, 0.1) is 10.6 Å². The standard InChI is InChI=1S/C11H11ClO2S/c1-2-8-7(5-6-14-8)11(13)9-3-4-10(12)15-9/h3-6,11,13H,2H2,1H3. The van der Waals surface area contributed by atoms with Crippen molar-refractivity contribution in [3.8, 4) is 0 Å². The molecule has 0 fully saturated rings. The number of aliphatic hydroxyl groups is 1. The van der Waals surface area contributed by atoms with Crippen LogP contribution in [0, 0.1) is 0 Å². The second-order valence-corrected chi connectivity index (χ2v) is 4.94. The van der Waals surface area contributed by atoms with Gasteiger partial charge in [0.2, 0.25) is 0 Å². The molecule has 4 heteroatoms. The first kappa shape index (κ1) is 10.7. The Morgan fingerprint density at radius 3 is 2.87 bits per heavy atom. The average molecular weight is 243 g/mol. The zero-order valence-corrected chi connectivity index (χ0v) is 9.81. The van der Waals surface area contributed by atoms with Crippen LogP contribution in [0.1, 0.15) is 29.2 Å². The van der Waals surface area contributed by atoms with E-state index in [1.807, 2.05) is 13.0 Å². The number of thiophene rings is 1. The molecule has 0 aliphatic rings. The molecule has 15 heavy (non-hydrogen) atoms. The van der Waals surface area contributed by atoms with E-state index in [4.69, 9.17) is 16.0 Å². The number of hydrogen-bond acceptors (Lipinski definition) is 3. The maximum atomic E-state index is 10.1. The van der Waals surface area contributed by atoms with E-state index < -0.39 is 6.10 Å². The van der Waals surface area contributed by atoms with Crippen LogP contribution in [-0.4, -0.2) is 5.11 Å². The third-order valence-electron chi connectivity index (χ3n) is 2.26. The summed E-state index contributed by atoms with van der Waals surface area (Å²) in [4.78, 5) is 0.844. The van der Waals surface area contributed by atoms with Gasteiger partial charge in [-0.3, -0.25) is 0 Å². The topological polar surface area (TPSA) is 33.4 Å². The van der Waals surface area contributed by atoms with Gasteiger partial charge in [0.1, 0.15) is 11.9 Å². The van der Waals surface area contributed by atoms with Crippen LogP contribution >= 0.6 is 22.9 Å². The van der Waals surface area contributed by atoms with Crippen molar-refractivity contribution in [3.05, 3.63) is 45.0 Å². The number of hydrogen-bond donors (Lipinski definition) is 1. The minimum Gasteiger partial charge on any atom is -0.469 e. The fourth-order valence-electron chi connectivity index (χ4n) is 1.51. The molecule has 2 nitrogen and oxygen atoms in total. The molecule has 0 saturated carbocycles. The summed E-state index contributed by atoms with van der Waals surface area (Å²) in [6.07, 6.45) is 1.75. The third-order valence-corrected chi connectivity index (χ3v) is 3.54. The maximum absolute atomic E-state index is 10.1. The second kappa shape index (κ2) is 4.39. The van der Waals surface area contributed by atoms with Crippen LogP contribution in [0.25, 0.3) is 0 Å². The first-order chi connectivity index (χ1) is 7.22. The number of rotatable bonds is 3. The summed E-state index contributed by atoms with van der Waals surface area (Å²) < 4.78 is 5.96. The monoisotopic (exact) mass is 242 g/mol. The lowest BCUT2D eigenvalue weighted by Gasteiger charge is -2.07. The number of furan rings is 1. The van der Waals surface area contributed by atoms with Gasteiger partial charge in [-0.05, 0) is 18.2 Å². The van der Waals surface area contributed by atoms with E-state index in [1.54, 1.807) is 18.4 Å². The molecule has 2 rings (SSSR count). The van der Waals surface area contributed by atoms with Crippen LogP contribution in [0.5, 0.6) is 0 Å². The lowest BCUT2D eigenvalue weighted by atomic mass is 10.1. The van der Waals surface area contributed by atoms with Gasteiger partial charge in [0, 0.05) is 16.9 Å². The Hall–Kier alpha value is -0.770. The van der Waals surface area contributed by atoms with Crippen LogP contribution < -0.4 is 0 Å². The Morgan fingerprint density at radius 1 is 1.47 bits per heavy atom. The summed E-state index contributed by atoms with van der Waals surface area (Å²) in [5.74, 6) is 0.826. The molecule has 0 aliphatic heterocycles. The van der Waals surface area contributed by atoms with E-state index in [1.165, 1.54) is 11.3 Å². The van der Waals surface area contributed by atoms with Crippen molar-refractivity contribution < 1.29 is 9.52 Å². The highest BCUT2D eigenvalue weighted by Gasteiger charge is 2.17. The molecule has 0 amide bonds. The number of halogens is 1. The fraction of sp³-hybridized carbons (Fsp3) is 0.273. The first-order valence-electron chi connectivity index (χ1n) is 4.72. The Balaban J connectivity index is 2.31. The molecule has 0 radical (unpaired) electrons. The van der Waals surface area contributed by atoms with Gasteiger partial charge in [-0.15, -0.1) is 11.3 Å². The average Bonchev–Trinajstić information content (AvgIpc) is 2.84. The highest BCUT2D eigenvalue weighted by Crippen LogP contribution is 2.32. The number of aliphatic hydroxyl groups excluding tert-OH is 1. The molecule has 2 aromatic rings. The van der Waals surface area contributed by atoms with Crippen molar-refractivity contribution in [1.29, 1.82) is 0 Å². The zero-order valence-electron chi connectivity index (χ0n) is 8.24. The molecule has 0 bridgehead atoms. The minimum atomic E-state index is -0.629. The predicted molar refractivity (Wildman–Crippen MR) is 61.5 cm³/mol. The fourth-order valence-corrected chi connectivity index (χ4v) is 2.58. The van der Waals surface area contributed by atoms with Gasteiger partial charge < -0.3 is 9.52 Å². The van der Waals surface area contributed by atoms with Crippen LogP contribution in [0.3, 0.4) is 0 Å². The largest absolute Gasteiger partial charge is 0.469 e. The molecule has 1 unspecified atom stereocenters. The van der Waals surface area contributed by atoms with Crippen molar-refractivity contribution in [3.63, 3.8) is 0 Å². The van der Waals surface area contributed by atoms with Gasteiger partial charge in [-0.25, -0.2) is 0 Å². The van der Waals surface area contributed by atoms with E-state index >= 15 is 0 Å². The summed E-state index contributed by atoms with van der Waals surface area (Å²) in [6, 6.07) is 5.43. The molecule has 0 aliphatic carbocycles. The molecule has 0 aromatic carbocycles.